The van der Waals surface area contributed by atoms with E-state index in [9.17, 15) is 40.5 Å². The van der Waals surface area contributed by atoms with Crippen LogP contribution in [0.3, 0.4) is 0 Å². The Kier molecular flexibility index (Phi) is 7.79. The lowest BCUT2D eigenvalue weighted by atomic mass is 9.47. The van der Waals surface area contributed by atoms with Crippen molar-refractivity contribution in [1.82, 2.24) is 0 Å². The number of carbonyl (C=O) groups is 1. The van der Waals surface area contributed by atoms with Crippen LogP contribution >= 0.6 is 0 Å². The largest absolute Gasteiger partial charge is 0.512 e. The topological polar surface area (TPSA) is 168 Å². The molecule has 0 spiro atoms. The van der Waals surface area contributed by atoms with Gasteiger partial charge in [0.1, 0.15) is 5.76 Å². The predicted octanol–water partition coefficient (Wildman–Crippen LogP) is 0.934. The lowest BCUT2D eigenvalue weighted by Crippen LogP contribution is -2.70. The zero-order valence-corrected chi connectivity index (χ0v) is 22.7. The quantitative estimate of drug-likeness (QED) is 0.275. The van der Waals surface area contributed by atoms with Crippen molar-refractivity contribution in [3.05, 3.63) is 11.3 Å². The first-order chi connectivity index (χ1) is 17.9. The molecule has 5 aliphatic rings. The van der Waals surface area contributed by atoms with Gasteiger partial charge < -0.3 is 40.5 Å². The Hall–Kier alpha value is -1.07. The average molecular weight is 539 g/mol. The number of rotatable bonds is 4. The van der Waals surface area contributed by atoms with E-state index in [0.717, 1.165) is 12.8 Å². The van der Waals surface area contributed by atoms with Crippen LogP contribution < -0.4 is 0 Å². The van der Waals surface area contributed by atoms with E-state index < -0.39 is 65.6 Å². The van der Waals surface area contributed by atoms with Gasteiger partial charge in [0.2, 0.25) is 0 Å². The van der Waals surface area contributed by atoms with Crippen LogP contribution in [0.1, 0.15) is 59.3 Å². The van der Waals surface area contributed by atoms with Crippen molar-refractivity contribution in [2.45, 2.75) is 95.4 Å². The lowest BCUT2D eigenvalue weighted by molar-refractivity contribution is -0.241. The molecule has 1 saturated heterocycles. The second-order valence-corrected chi connectivity index (χ2v) is 13.3. The average Bonchev–Trinajstić information content (AvgIpc) is 2.86. The molecule has 9 nitrogen and oxygen atoms in total. The van der Waals surface area contributed by atoms with E-state index in [-0.39, 0.29) is 47.3 Å². The van der Waals surface area contributed by atoms with Crippen LogP contribution in [0.5, 0.6) is 0 Å². The Labute approximate surface area is 224 Å². The highest BCUT2D eigenvalue weighted by atomic mass is 16.5. The Morgan fingerprint density at radius 1 is 0.921 bits per heavy atom. The van der Waals surface area contributed by atoms with E-state index in [0.29, 0.717) is 32.5 Å². The molecule has 3 saturated carbocycles. The standard InChI is InChI=1S/C29H46O9/c1-12(2)17-11-19(24(32)14-4-6-38-7-5-14)25(33)23-18(17)9-15-8-16-10-20(31)21(13(3)30)27(35)29(16,37)28(36)22(15)26(23)34/h12-19,22-26,28,30-34,36-37H,4-11H2,1-3H3/t13?,15?,16?,17?,18?,19?,22?,23?,24?,25?,26?,28?,29-/m1/s1. The SMILES string of the molecule is CC(O)C1=C(O)CC2CC3CC4C(C(C)C)CC(C(O)C5CCOCC5)C(O)C4C(O)C3C(O)[C@]2(O)C1=O. The molecule has 216 valence electrons. The van der Waals surface area contributed by atoms with Crippen LogP contribution in [-0.2, 0) is 9.53 Å². The van der Waals surface area contributed by atoms with Crippen molar-refractivity contribution in [3.63, 3.8) is 0 Å². The van der Waals surface area contributed by atoms with Gasteiger partial charge in [0.15, 0.2) is 11.4 Å². The maximum Gasteiger partial charge on any atom is 0.199 e. The third kappa shape index (κ3) is 4.28. The number of allylic oxidation sites excluding steroid dienone is 1. The van der Waals surface area contributed by atoms with Crippen molar-refractivity contribution in [1.29, 1.82) is 0 Å². The molecule has 12 unspecified atom stereocenters. The zero-order chi connectivity index (χ0) is 27.7. The molecule has 0 bridgehead atoms. The van der Waals surface area contributed by atoms with E-state index in [1.165, 1.54) is 6.92 Å². The fourth-order valence-corrected chi connectivity index (χ4v) is 9.25. The van der Waals surface area contributed by atoms with Gasteiger partial charge in [-0.1, -0.05) is 13.8 Å². The summed E-state index contributed by atoms with van der Waals surface area (Å²) in [5.74, 6) is -3.56. The number of carbonyl (C=O) groups excluding carboxylic acids is 1. The number of aliphatic hydroxyl groups excluding tert-OH is 6. The summed E-state index contributed by atoms with van der Waals surface area (Å²) in [5.41, 5.74) is -2.52. The highest BCUT2D eigenvalue weighted by Crippen LogP contribution is 2.59. The third-order valence-electron chi connectivity index (χ3n) is 11.2. The molecular weight excluding hydrogens is 492 g/mol. The molecule has 4 fully saturated rings. The van der Waals surface area contributed by atoms with Crippen molar-refractivity contribution in [3.8, 4) is 0 Å². The molecule has 0 aromatic heterocycles. The van der Waals surface area contributed by atoms with Gasteiger partial charge in [-0.05, 0) is 68.6 Å². The van der Waals surface area contributed by atoms with Crippen molar-refractivity contribution >= 4 is 5.78 Å². The van der Waals surface area contributed by atoms with Crippen LogP contribution in [0.25, 0.3) is 0 Å². The zero-order valence-electron chi connectivity index (χ0n) is 22.7. The summed E-state index contributed by atoms with van der Waals surface area (Å²) in [5, 5.41) is 78.7. The van der Waals surface area contributed by atoms with E-state index in [1.54, 1.807) is 0 Å². The first-order valence-electron chi connectivity index (χ1n) is 14.6. The van der Waals surface area contributed by atoms with Crippen LogP contribution in [0.15, 0.2) is 11.3 Å². The maximum absolute atomic E-state index is 13.4. The molecule has 1 heterocycles. The van der Waals surface area contributed by atoms with Gasteiger partial charge in [-0.3, -0.25) is 4.79 Å². The summed E-state index contributed by atoms with van der Waals surface area (Å²) in [6.45, 7) is 6.75. The van der Waals surface area contributed by atoms with Gasteiger partial charge in [-0.25, -0.2) is 0 Å². The third-order valence-corrected chi connectivity index (χ3v) is 11.2. The van der Waals surface area contributed by atoms with E-state index >= 15 is 0 Å². The molecule has 13 atom stereocenters. The van der Waals surface area contributed by atoms with Gasteiger partial charge >= 0.3 is 0 Å². The van der Waals surface area contributed by atoms with Gasteiger partial charge in [0.25, 0.3) is 0 Å². The second-order valence-electron chi connectivity index (χ2n) is 13.3. The van der Waals surface area contributed by atoms with Gasteiger partial charge in [-0.2, -0.15) is 0 Å². The summed E-state index contributed by atoms with van der Waals surface area (Å²) in [6, 6.07) is 0. The number of aliphatic hydroxyl groups is 7. The van der Waals surface area contributed by atoms with Crippen LogP contribution in [0.2, 0.25) is 0 Å². The van der Waals surface area contributed by atoms with Crippen molar-refractivity contribution < 1.29 is 45.3 Å². The Bertz CT molecular complexity index is 927. The van der Waals surface area contributed by atoms with E-state index in [2.05, 4.69) is 13.8 Å². The van der Waals surface area contributed by atoms with Gasteiger partial charge in [0, 0.05) is 43.3 Å². The minimum atomic E-state index is -2.23. The highest BCUT2D eigenvalue weighted by molar-refractivity contribution is 6.04. The fraction of sp³-hybridized carbons (Fsp3) is 0.897. The number of hydrogen-bond acceptors (Lipinski definition) is 9. The highest BCUT2D eigenvalue weighted by Gasteiger charge is 2.66. The molecule has 0 aromatic rings. The summed E-state index contributed by atoms with van der Waals surface area (Å²) < 4.78 is 5.46. The first-order valence-corrected chi connectivity index (χ1v) is 14.6. The van der Waals surface area contributed by atoms with E-state index in [4.69, 9.17) is 4.74 Å². The van der Waals surface area contributed by atoms with Gasteiger partial charge in [-0.15, -0.1) is 0 Å². The molecule has 9 heteroatoms. The molecule has 4 aliphatic carbocycles. The first kappa shape index (κ1) is 28.5. The number of hydrogen-bond donors (Lipinski definition) is 7. The Morgan fingerprint density at radius 2 is 1.58 bits per heavy atom. The van der Waals surface area contributed by atoms with Crippen LogP contribution in [0.4, 0.5) is 0 Å². The molecule has 1 aliphatic heterocycles. The normalized spacial score (nSPS) is 47.8. The molecule has 0 amide bonds. The van der Waals surface area contributed by atoms with Gasteiger partial charge in [0.05, 0.1) is 36.1 Å². The Morgan fingerprint density at radius 3 is 2.18 bits per heavy atom. The van der Waals surface area contributed by atoms with Crippen LogP contribution in [-0.4, -0.2) is 90.9 Å². The fourth-order valence-electron chi connectivity index (χ4n) is 9.25. The Balaban J connectivity index is 1.47. The summed E-state index contributed by atoms with van der Waals surface area (Å²) in [7, 11) is 0. The smallest absolute Gasteiger partial charge is 0.199 e. The second kappa shape index (κ2) is 10.4. The number of Topliss-reactive ketones (excluding diaryl/α,β-unsaturated/α-hetero) is 1. The van der Waals surface area contributed by atoms with E-state index in [1.807, 2.05) is 0 Å². The van der Waals surface area contributed by atoms with Crippen molar-refractivity contribution in [2.75, 3.05) is 13.2 Å². The lowest BCUT2D eigenvalue weighted by Gasteiger charge is -2.61. The summed E-state index contributed by atoms with van der Waals surface area (Å²) >= 11 is 0. The molecule has 5 rings (SSSR count). The monoisotopic (exact) mass is 538 g/mol. The summed E-state index contributed by atoms with van der Waals surface area (Å²) in [4.78, 5) is 13.4. The predicted molar refractivity (Wildman–Crippen MR) is 137 cm³/mol. The molecule has 38 heavy (non-hydrogen) atoms. The number of fused-ring (bicyclic) bond motifs is 3. The minimum absolute atomic E-state index is 0.0150. The molecule has 7 N–H and O–H groups in total. The minimum Gasteiger partial charge on any atom is -0.512 e. The number of ether oxygens (including phenoxy) is 1. The molecule has 0 aromatic carbocycles. The summed E-state index contributed by atoms with van der Waals surface area (Å²) in [6.07, 6.45) is -2.77. The molecular formula is C29H46O9. The van der Waals surface area contributed by atoms with Crippen LogP contribution in [0, 0.1) is 53.3 Å². The number of ketones is 1. The maximum atomic E-state index is 13.4. The molecule has 0 radical (unpaired) electrons. The van der Waals surface area contributed by atoms with Crippen molar-refractivity contribution in [2.24, 2.45) is 53.3 Å².